The van der Waals surface area contributed by atoms with Crippen molar-refractivity contribution < 1.29 is 33.2 Å². The van der Waals surface area contributed by atoms with E-state index in [0.717, 1.165) is 42.4 Å². The Morgan fingerprint density at radius 3 is 1.67 bits per heavy atom. The van der Waals surface area contributed by atoms with Crippen molar-refractivity contribution in [3.05, 3.63) is 108 Å². The van der Waals surface area contributed by atoms with Gasteiger partial charge in [0.1, 0.15) is 24.4 Å². The molecule has 0 bridgehead atoms. The first-order chi connectivity index (χ1) is 20.7. The summed E-state index contributed by atoms with van der Waals surface area (Å²) < 4.78 is 37.3. The van der Waals surface area contributed by atoms with Crippen LogP contribution in [0.2, 0.25) is 0 Å². The van der Waals surface area contributed by atoms with Crippen LogP contribution in [0.25, 0.3) is 0 Å². The molecule has 0 unspecified atom stereocenters. The Morgan fingerprint density at radius 1 is 0.690 bits per heavy atom. The molecule has 1 N–H and O–H groups in total. The fourth-order valence-corrected chi connectivity index (χ4v) is 5.45. The summed E-state index contributed by atoms with van der Waals surface area (Å²) in [6.07, 6.45) is 0.642. The first kappa shape index (κ1) is 30.2. The Balaban J connectivity index is 1.39. The van der Waals surface area contributed by atoms with Crippen LogP contribution in [0.15, 0.2) is 91.0 Å². The standard InChI is InChI=1S/C34H41NO7/c1-37-33-31(40-24-27-18-10-4-11-19-27)29(38-22-25-14-6-2-7-15-25)30(39-23-26-16-8-3-9-17-26)32(42-33)35-34(36)41-28-20-12-5-13-21-28/h2-4,6-11,14-19,28-33H,5,12-13,20-24H2,1H3,(H,35,36)/t29-,30-,31+,32-,33-/m0/s1. The SMILES string of the molecule is CO[C@H]1O[C@H](NC(=O)OC2CCCCC2)[C@@H](OCc2ccccc2)[C@H](OCc2ccccc2)[C@H]1OCc1ccccc1. The van der Waals surface area contributed by atoms with Crippen molar-refractivity contribution in [3.8, 4) is 0 Å². The maximum Gasteiger partial charge on any atom is 0.409 e. The highest BCUT2D eigenvalue weighted by molar-refractivity contribution is 5.67. The van der Waals surface area contributed by atoms with Crippen molar-refractivity contribution in [2.45, 2.75) is 88.9 Å². The molecule has 0 spiro atoms. The van der Waals surface area contributed by atoms with Gasteiger partial charge in [0, 0.05) is 7.11 Å². The van der Waals surface area contributed by atoms with Gasteiger partial charge in [0.05, 0.1) is 19.8 Å². The monoisotopic (exact) mass is 575 g/mol. The number of hydrogen-bond acceptors (Lipinski definition) is 7. The molecule has 42 heavy (non-hydrogen) atoms. The maximum atomic E-state index is 13.1. The predicted molar refractivity (Wildman–Crippen MR) is 157 cm³/mol. The average Bonchev–Trinajstić information content (AvgIpc) is 3.04. The van der Waals surface area contributed by atoms with Gasteiger partial charge >= 0.3 is 6.09 Å². The van der Waals surface area contributed by atoms with Crippen LogP contribution in [0.5, 0.6) is 0 Å². The number of methoxy groups -OCH3 is 1. The Kier molecular flexibility index (Phi) is 11.4. The summed E-state index contributed by atoms with van der Waals surface area (Å²) in [6.45, 7) is 0.934. The number of alkyl carbamates (subject to hydrolysis) is 1. The Labute approximate surface area is 248 Å². The van der Waals surface area contributed by atoms with E-state index in [2.05, 4.69) is 5.32 Å². The minimum atomic E-state index is -0.896. The lowest BCUT2D eigenvalue weighted by atomic mass is 9.98. The fourth-order valence-electron chi connectivity index (χ4n) is 5.45. The second kappa shape index (κ2) is 15.8. The first-order valence-corrected chi connectivity index (χ1v) is 14.8. The van der Waals surface area contributed by atoms with Gasteiger partial charge in [-0.3, -0.25) is 5.32 Å². The van der Waals surface area contributed by atoms with Crippen LogP contribution in [-0.2, 0) is 48.2 Å². The quantitative estimate of drug-likeness (QED) is 0.278. The van der Waals surface area contributed by atoms with Gasteiger partial charge < -0.3 is 28.4 Å². The largest absolute Gasteiger partial charge is 0.446 e. The number of benzene rings is 3. The topological polar surface area (TPSA) is 84.5 Å². The van der Waals surface area contributed by atoms with E-state index in [9.17, 15) is 4.79 Å². The van der Waals surface area contributed by atoms with E-state index < -0.39 is 36.9 Å². The van der Waals surface area contributed by atoms with Gasteiger partial charge in [-0.1, -0.05) is 97.4 Å². The van der Waals surface area contributed by atoms with Gasteiger partial charge in [-0.25, -0.2) is 4.79 Å². The molecule has 8 nitrogen and oxygen atoms in total. The van der Waals surface area contributed by atoms with Crippen molar-refractivity contribution in [3.63, 3.8) is 0 Å². The zero-order valence-corrected chi connectivity index (χ0v) is 24.1. The molecule has 5 rings (SSSR count). The second-order valence-corrected chi connectivity index (χ2v) is 10.8. The first-order valence-electron chi connectivity index (χ1n) is 14.8. The summed E-state index contributed by atoms with van der Waals surface area (Å²) in [7, 11) is 1.56. The maximum absolute atomic E-state index is 13.1. The lowest BCUT2D eigenvalue weighted by Gasteiger charge is -2.45. The van der Waals surface area contributed by atoms with Crippen molar-refractivity contribution >= 4 is 6.09 Å². The number of ether oxygens (including phenoxy) is 6. The molecule has 1 saturated carbocycles. The molecular weight excluding hydrogens is 534 g/mol. The molecule has 1 aliphatic carbocycles. The van der Waals surface area contributed by atoms with E-state index in [0.29, 0.717) is 19.8 Å². The summed E-state index contributed by atoms with van der Waals surface area (Å²) >= 11 is 0. The Hall–Kier alpha value is -3.27. The van der Waals surface area contributed by atoms with E-state index in [1.807, 2.05) is 91.0 Å². The molecule has 1 heterocycles. The van der Waals surface area contributed by atoms with Gasteiger partial charge in [-0.2, -0.15) is 0 Å². The van der Waals surface area contributed by atoms with E-state index in [4.69, 9.17) is 28.4 Å². The fraction of sp³-hybridized carbons (Fsp3) is 0.441. The third kappa shape index (κ3) is 8.63. The lowest BCUT2D eigenvalue weighted by molar-refractivity contribution is -0.321. The lowest BCUT2D eigenvalue weighted by Crippen LogP contribution is -2.65. The van der Waals surface area contributed by atoms with Crippen molar-refractivity contribution in [1.29, 1.82) is 0 Å². The molecule has 2 aliphatic rings. The number of nitrogens with one attached hydrogen (secondary N) is 1. The summed E-state index contributed by atoms with van der Waals surface area (Å²) in [4.78, 5) is 13.1. The molecule has 3 aromatic carbocycles. The average molecular weight is 576 g/mol. The van der Waals surface area contributed by atoms with Gasteiger partial charge in [-0.15, -0.1) is 0 Å². The van der Waals surface area contributed by atoms with Crippen LogP contribution < -0.4 is 5.32 Å². The molecule has 0 aromatic heterocycles. The van der Waals surface area contributed by atoms with Crippen LogP contribution in [0, 0.1) is 0 Å². The van der Waals surface area contributed by atoms with Gasteiger partial charge in [-0.05, 0) is 42.4 Å². The summed E-state index contributed by atoms with van der Waals surface area (Å²) in [5.41, 5.74) is 2.99. The predicted octanol–water partition coefficient (Wildman–Crippen LogP) is 6.13. The number of rotatable bonds is 12. The van der Waals surface area contributed by atoms with Gasteiger partial charge in [0.25, 0.3) is 0 Å². The number of hydrogen-bond donors (Lipinski definition) is 1. The highest BCUT2D eigenvalue weighted by Gasteiger charge is 2.49. The minimum Gasteiger partial charge on any atom is -0.446 e. The number of amides is 1. The molecule has 0 radical (unpaired) electrons. The second-order valence-electron chi connectivity index (χ2n) is 10.8. The van der Waals surface area contributed by atoms with Gasteiger partial charge in [0.2, 0.25) is 0 Å². The number of carbonyl (C=O) groups excluding carboxylic acids is 1. The minimum absolute atomic E-state index is 0.101. The smallest absolute Gasteiger partial charge is 0.409 e. The molecule has 1 amide bonds. The zero-order chi connectivity index (χ0) is 29.0. The van der Waals surface area contributed by atoms with Crippen LogP contribution in [-0.4, -0.2) is 50.1 Å². The van der Waals surface area contributed by atoms with Crippen molar-refractivity contribution in [2.24, 2.45) is 0 Å². The molecule has 3 aromatic rings. The molecule has 224 valence electrons. The van der Waals surface area contributed by atoms with Gasteiger partial charge in [0.15, 0.2) is 12.5 Å². The third-order valence-electron chi connectivity index (χ3n) is 7.67. The summed E-state index contributed by atoms with van der Waals surface area (Å²) in [5, 5.41) is 2.92. The molecule has 1 saturated heterocycles. The van der Waals surface area contributed by atoms with Crippen LogP contribution in [0.3, 0.4) is 0 Å². The summed E-state index contributed by atoms with van der Waals surface area (Å²) in [6, 6.07) is 29.7. The highest BCUT2D eigenvalue weighted by atomic mass is 16.7. The van der Waals surface area contributed by atoms with E-state index in [1.165, 1.54) is 6.42 Å². The molecule has 2 fully saturated rings. The van der Waals surface area contributed by atoms with E-state index in [1.54, 1.807) is 7.11 Å². The molecule has 5 atom stereocenters. The Morgan fingerprint density at radius 2 is 1.17 bits per heavy atom. The van der Waals surface area contributed by atoms with Crippen LogP contribution >= 0.6 is 0 Å². The van der Waals surface area contributed by atoms with E-state index >= 15 is 0 Å². The highest BCUT2D eigenvalue weighted by Crippen LogP contribution is 2.30. The Bertz CT molecular complexity index is 1190. The van der Waals surface area contributed by atoms with E-state index in [-0.39, 0.29) is 6.10 Å². The summed E-state index contributed by atoms with van der Waals surface area (Å²) in [5.74, 6) is 0. The van der Waals surface area contributed by atoms with Crippen molar-refractivity contribution in [1.82, 2.24) is 5.32 Å². The molecular formula is C34H41NO7. The van der Waals surface area contributed by atoms with Crippen LogP contribution in [0.1, 0.15) is 48.8 Å². The van der Waals surface area contributed by atoms with Crippen LogP contribution in [0.4, 0.5) is 4.79 Å². The normalized spacial score (nSPS) is 24.6. The number of carbonyl (C=O) groups is 1. The third-order valence-corrected chi connectivity index (χ3v) is 7.67. The zero-order valence-electron chi connectivity index (χ0n) is 24.1. The molecule has 8 heteroatoms. The van der Waals surface area contributed by atoms with Crippen molar-refractivity contribution in [2.75, 3.05) is 7.11 Å². The molecule has 1 aliphatic heterocycles.